The summed E-state index contributed by atoms with van der Waals surface area (Å²) in [4.78, 5) is 15.5. The van der Waals surface area contributed by atoms with Gasteiger partial charge in [-0.15, -0.1) is 0 Å². The third-order valence-electron chi connectivity index (χ3n) is 2.26. The molecular formula is C11H16N2O3. The van der Waals surface area contributed by atoms with Crippen molar-refractivity contribution in [2.45, 2.75) is 19.8 Å². The number of ether oxygens (including phenoxy) is 2. The van der Waals surface area contributed by atoms with Gasteiger partial charge in [-0.2, -0.15) is 0 Å². The maximum absolute atomic E-state index is 11.5. The minimum atomic E-state index is -0.373. The molecule has 1 aromatic heterocycles. The minimum Gasteiger partial charge on any atom is -0.493 e. The molecule has 0 bridgehead atoms. The first-order valence-corrected chi connectivity index (χ1v) is 5.06. The third-order valence-corrected chi connectivity index (χ3v) is 2.26. The van der Waals surface area contributed by atoms with Crippen LogP contribution in [0, 0.1) is 0 Å². The van der Waals surface area contributed by atoms with Crippen LogP contribution in [0.5, 0.6) is 5.75 Å². The summed E-state index contributed by atoms with van der Waals surface area (Å²) in [6.07, 6.45) is 1.56. The topological polar surface area (TPSA) is 74.4 Å². The van der Waals surface area contributed by atoms with Gasteiger partial charge in [-0.3, -0.25) is 4.79 Å². The van der Waals surface area contributed by atoms with E-state index in [2.05, 4.69) is 4.98 Å². The van der Waals surface area contributed by atoms with E-state index in [1.807, 2.05) is 0 Å². The number of anilines is 1. The van der Waals surface area contributed by atoms with Gasteiger partial charge in [0.1, 0.15) is 0 Å². The zero-order chi connectivity index (χ0) is 12.1. The Labute approximate surface area is 94.6 Å². The van der Waals surface area contributed by atoms with Crippen LogP contribution in [0.1, 0.15) is 25.3 Å². The lowest BCUT2D eigenvalue weighted by atomic mass is 10.0. The van der Waals surface area contributed by atoms with E-state index in [0.717, 1.165) is 5.56 Å². The normalized spacial score (nSPS) is 11.9. The number of carbonyl (C=O) groups excluding carboxylic acids is 1. The molecule has 0 aliphatic carbocycles. The largest absolute Gasteiger partial charge is 0.493 e. The Morgan fingerprint density at radius 2 is 2.31 bits per heavy atom. The number of aromatic nitrogens is 1. The van der Waals surface area contributed by atoms with Gasteiger partial charge < -0.3 is 15.2 Å². The summed E-state index contributed by atoms with van der Waals surface area (Å²) < 4.78 is 9.96. The van der Waals surface area contributed by atoms with Crippen LogP contribution < -0.4 is 10.5 Å². The highest BCUT2D eigenvalue weighted by Gasteiger charge is 2.18. The number of hydrogen-bond donors (Lipinski definition) is 1. The minimum absolute atomic E-state index is 0.281. The van der Waals surface area contributed by atoms with Crippen molar-refractivity contribution in [1.82, 2.24) is 4.98 Å². The van der Waals surface area contributed by atoms with Crippen molar-refractivity contribution in [3.8, 4) is 5.75 Å². The van der Waals surface area contributed by atoms with Gasteiger partial charge in [-0.05, 0) is 25.5 Å². The van der Waals surface area contributed by atoms with Crippen molar-refractivity contribution in [2.24, 2.45) is 0 Å². The second-order valence-corrected chi connectivity index (χ2v) is 3.33. The third kappa shape index (κ3) is 2.62. The first-order valence-electron chi connectivity index (χ1n) is 5.06. The molecule has 5 nitrogen and oxygen atoms in total. The predicted octanol–water partition coefficient (Wildman–Crippen LogP) is 1.34. The Hall–Kier alpha value is -1.78. The molecule has 0 amide bonds. The van der Waals surface area contributed by atoms with E-state index < -0.39 is 0 Å². The molecule has 0 spiro atoms. The summed E-state index contributed by atoms with van der Waals surface area (Å²) >= 11 is 0. The van der Waals surface area contributed by atoms with Crippen molar-refractivity contribution in [3.63, 3.8) is 0 Å². The van der Waals surface area contributed by atoms with Gasteiger partial charge in [-0.1, -0.05) is 0 Å². The molecule has 1 atom stereocenters. The number of rotatable bonds is 4. The Morgan fingerprint density at radius 3 is 2.88 bits per heavy atom. The lowest BCUT2D eigenvalue weighted by molar-refractivity contribution is -0.144. The summed E-state index contributed by atoms with van der Waals surface area (Å²) in [5.74, 6) is 0.119. The summed E-state index contributed by atoms with van der Waals surface area (Å²) in [6.45, 7) is 3.89. The lowest BCUT2D eigenvalue weighted by Gasteiger charge is -2.12. The van der Waals surface area contributed by atoms with E-state index in [9.17, 15) is 4.79 Å². The van der Waals surface area contributed by atoms with E-state index >= 15 is 0 Å². The Bertz CT molecular complexity index is 379. The zero-order valence-corrected chi connectivity index (χ0v) is 9.69. The quantitative estimate of drug-likeness (QED) is 0.781. The first-order chi connectivity index (χ1) is 7.60. The molecule has 0 saturated heterocycles. The van der Waals surface area contributed by atoms with Gasteiger partial charge in [0.25, 0.3) is 0 Å². The highest BCUT2D eigenvalue weighted by atomic mass is 16.5. The smallest absolute Gasteiger partial charge is 0.313 e. The fourth-order valence-corrected chi connectivity index (χ4v) is 1.27. The fourth-order valence-electron chi connectivity index (χ4n) is 1.27. The summed E-state index contributed by atoms with van der Waals surface area (Å²) in [7, 11) is 1.51. The molecule has 1 rings (SSSR count). The van der Waals surface area contributed by atoms with E-state index in [1.54, 1.807) is 26.1 Å². The average molecular weight is 224 g/mol. The number of pyridine rings is 1. The van der Waals surface area contributed by atoms with Crippen molar-refractivity contribution >= 4 is 11.8 Å². The Balaban J connectivity index is 2.91. The highest BCUT2D eigenvalue weighted by Crippen LogP contribution is 2.24. The second-order valence-electron chi connectivity index (χ2n) is 3.33. The lowest BCUT2D eigenvalue weighted by Crippen LogP contribution is -2.13. The maximum Gasteiger partial charge on any atom is 0.313 e. The molecule has 1 heterocycles. The van der Waals surface area contributed by atoms with Crippen molar-refractivity contribution < 1.29 is 14.3 Å². The summed E-state index contributed by atoms with van der Waals surface area (Å²) in [5, 5.41) is 0. The van der Waals surface area contributed by atoms with Crippen LogP contribution in [0.25, 0.3) is 0 Å². The predicted molar refractivity (Wildman–Crippen MR) is 60.2 cm³/mol. The molecule has 1 aromatic rings. The SMILES string of the molecule is CCOC(=O)C(C)c1cnc(N)c(OC)c1. The molecule has 2 N–H and O–H groups in total. The van der Waals surface area contributed by atoms with Gasteiger partial charge in [0.2, 0.25) is 0 Å². The number of nitrogens with zero attached hydrogens (tertiary/aromatic N) is 1. The number of methoxy groups -OCH3 is 1. The molecule has 0 aromatic carbocycles. The van der Waals surface area contributed by atoms with Crippen molar-refractivity contribution in [1.29, 1.82) is 0 Å². The van der Waals surface area contributed by atoms with Crippen molar-refractivity contribution in [2.75, 3.05) is 19.5 Å². The van der Waals surface area contributed by atoms with Gasteiger partial charge in [0.15, 0.2) is 11.6 Å². The van der Waals surface area contributed by atoms with Crippen LogP contribution >= 0.6 is 0 Å². The molecular weight excluding hydrogens is 208 g/mol. The van der Waals surface area contributed by atoms with Crippen LogP contribution in [-0.2, 0) is 9.53 Å². The van der Waals surface area contributed by atoms with E-state index in [4.69, 9.17) is 15.2 Å². The molecule has 0 aliphatic heterocycles. The second kappa shape index (κ2) is 5.34. The standard InChI is InChI=1S/C11H16N2O3/c1-4-16-11(14)7(2)8-5-9(15-3)10(12)13-6-8/h5-7H,4H2,1-3H3,(H2,12,13). The zero-order valence-electron chi connectivity index (χ0n) is 9.69. The summed E-state index contributed by atoms with van der Waals surface area (Å²) in [6, 6.07) is 1.70. The van der Waals surface area contributed by atoms with Gasteiger partial charge >= 0.3 is 5.97 Å². The molecule has 0 radical (unpaired) electrons. The molecule has 0 saturated carbocycles. The number of nitrogens with two attached hydrogens (primary N) is 1. The van der Waals surface area contributed by atoms with Gasteiger partial charge in [-0.25, -0.2) is 4.98 Å². The molecule has 1 unspecified atom stereocenters. The highest BCUT2D eigenvalue weighted by molar-refractivity contribution is 5.77. The molecule has 5 heteroatoms. The van der Waals surface area contributed by atoms with Crippen molar-refractivity contribution in [3.05, 3.63) is 17.8 Å². The average Bonchev–Trinajstić information content (AvgIpc) is 2.29. The number of hydrogen-bond acceptors (Lipinski definition) is 5. The van der Waals surface area contributed by atoms with Crippen LogP contribution in [0.2, 0.25) is 0 Å². The monoisotopic (exact) mass is 224 g/mol. The molecule has 88 valence electrons. The molecule has 16 heavy (non-hydrogen) atoms. The van der Waals surface area contributed by atoms with Crippen LogP contribution in [0.4, 0.5) is 5.82 Å². The maximum atomic E-state index is 11.5. The number of nitrogen functional groups attached to an aromatic ring is 1. The Morgan fingerprint density at radius 1 is 1.62 bits per heavy atom. The fraction of sp³-hybridized carbons (Fsp3) is 0.455. The number of esters is 1. The Kier molecular flexibility index (Phi) is 4.10. The molecule has 0 fully saturated rings. The number of carbonyl (C=O) groups is 1. The van der Waals surface area contributed by atoms with E-state index in [1.165, 1.54) is 7.11 Å². The van der Waals surface area contributed by atoms with E-state index in [0.29, 0.717) is 18.2 Å². The van der Waals surface area contributed by atoms with Crippen LogP contribution in [0.15, 0.2) is 12.3 Å². The summed E-state index contributed by atoms with van der Waals surface area (Å²) in [5.41, 5.74) is 6.31. The van der Waals surface area contributed by atoms with Crippen LogP contribution in [-0.4, -0.2) is 24.7 Å². The van der Waals surface area contributed by atoms with Gasteiger partial charge in [0, 0.05) is 6.20 Å². The molecule has 0 aliphatic rings. The van der Waals surface area contributed by atoms with E-state index in [-0.39, 0.29) is 11.9 Å². The van der Waals surface area contributed by atoms with Crippen LogP contribution in [0.3, 0.4) is 0 Å². The van der Waals surface area contributed by atoms with Gasteiger partial charge in [0.05, 0.1) is 19.6 Å². The first kappa shape index (κ1) is 12.3.